The van der Waals surface area contributed by atoms with Gasteiger partial charge in [0.2, 0.25) is 15.9 Å². The van der Waals surface area contributed by atoms with Crippen molar-refractivity contribution in [2.45, 2.75) is 4.90 Å². The molecule has 1 amide bonds. The minimum Gasteiger partial charge on any atom is -0.486 e. The molecule has 2 aromatic rings. The molecule has 2 aromatic carbocycles. The molecule has 1 N–H and O–H groups in total. The van der Waals surface area contributed by atoms with Crippen LogP contribution in [0.15, 0.2) is 47.4 Å². The molecular formula is C17H17IN2O5S. The molecule has 1 aliphatic rings. The van der Waals surface area contributed by atoms with E-state index >= 15 is 0 Å². The number of hydrogen-bond acceptors (Lipinski definition) is 5. The summed E-state index contributed by atoms with van der Waals surface area (Å²) in [5, 5.41) is 2.69. The Bertz CT molecular complexity index is 933. The van der Waals surface area contributed by atoms with Crippen molar-refractivity contribution in [1.82, 2.24) is 4.31 Å². The second-order valence-electron chi connectivity index (χ2n) is 5.63. The van der Waals surface area contributed by atoms with E-state index in [4.69, 9.17) is 9.47 Å². The third kappa shape index (κ3) is 4.27. The van der Waals surface area contributed by atoms with Crippen molar-refractivity contribution in [3.05, 3.63) is 46.0 Å². The van der Waals surface area contributed by atoms with Gasteiger partial charge >= 0.3 is 0 Å². The van der Waals surface area contributed by atoms with Crippen molar-refractivity contribution in [1.29, 1.82) is 0 Å². The SMILES string of the molecule is CN(CC(=O)Nc1cccc(I)c1)S(=O)(=O)c1ccc2c(c1)OCCO2. The summed E-state index contributed by atoms with van der Waals surface area (Å²) >= 11 is 2.14. The summed E-state index contributed by atoms with van der Waals surface area (Å²) in [6.07, 6.45) is 0. The minimum atomic E-state index is -3.83. The van der Waals surface area contributed by atoms with Crippen LogP contribution in [0.1, 0.15) is 0 Å². The lowest BCUT2D eigenvalue weighted by Gasteiger charge is -2.21. The number of carbonyl (C=O) groups is 1. The summed E-state index contributed by atoms with van der Waals surface area (Å²) in [6, 6.07) is 11.7. The van der Waals surface area contributed by atoms with E-state index < -0.39 is 15.9 Å². The fourth-order valence-corrected chi connectivity index (χ4v) is 4.10. The fraction of sp³-hybridized carbons (Fsp3) is 0.235. The molecule has 7 nitrogen and oxygen atoms in total. The zero-order valence-electron chi connectivity index (χ0n) is 13.9. The van der Waals surface area contributed by atoms with Crippen LogP contribution in [0.4, 0.5) is 5.69 Å². The van der Waals surface area contributed by atoms with Crippen molar-refractivity contribution in [2.75, 3.05) is 32.1 Å². The number of hydrogen-bond donors (Lipinski definition) is 1. The highest BCUT2D eigenvalue weighted by atomic mass is 127. The third-order valence-corrected chi connectivity index (χ3v) is 6.17. The van der Waals surface area contributed by atoms with Crippen LogP contribution in [0.5, 0.6) is 11.5 Å². The van der Waals surface area contributed by atoms with Gasteiger partial charge in [-0.25, -0.2) is 8.42 Å². The van der Waals surface area contributed by atoms with Gasteiger partial charge in [0, 0.05) is 22.4 Å². The first-order valence-electron chi connectivity index (χ1n) is 7.78. The van der Waals surface area contributed by atoms with E-state index in [1.807, 2.05) is 12.1 Å². The molecule has 1 heterocycles. The van der Waals surface area contributed by atoms with Crippen LogP contribution >= 0.6 is 22.6 Å². The Kier molecular flexibility index (Phi) is 5.68. The molecular weight excluding hydrogens is 471 g/mol. The van der Waals surface area contributed by atoms with Crippen molar-refractivity contribution >= 4 is 44.2 Å². The molecule has 0 bridgehead atoms. The van der Waals surface area contributed by atoms with Gasteiger partial charge in [0.15, 0.2) is 11.5 Å². The average molecular weight is 488 g/mol. The van der Waals surface area contributed by atoms with E-state index in [1.165, 1.54) is 19.2 Å². The van der Waals surface area contributed by atoms with Gasteiger partial charge in [-0.1, -0.05) is 6.07 Å². The lowest BCUT2D eigenvalue weighted by atomic mass is 10.3. The van der Waals surface area contributed by atoms with Gasteiger partial charge in [-0.2, -0.15) is 4.31 Å². The minimum absolute atomic E-state index is 0.0475. The Balaban J connectivity index is 1.71. The predicted octanol–water partition coefficient (Wildman–Crippen LogP) is 2.32. The second kappa shape index (κ2) is 7.80. The van der Waals surface area contributed by atoms with Crippen LogP contribution in [-0.2, 0) is 14.8 Å². The van der Waals surface area contributed by atoms with Gasteiger partial charge in [-0.3, -0.25) is 4.79 Å². The number of fused-ring (bicyclic) bond motifs is 1. The summed E-state index contributed by atoms with van der Waals surface area (Å²) in [6.45, 7) is 0.491. The number of likely N-dealkylation sites (N-methyl/N-ethyl adjacent to an activating group) is 1. The van der Waals surface area contributed by atoms with Crippen LogP contribution in [0, 0.1) is 3.57 Å². The van der Waals surface area contributed by atoms with E-state index in [9.17, 15) is 13.2 Å². The molecule has 138 valence electrons. The molecule has 26 heavy (non-hydrogen) atoms. The van der Waals surface area contributed by atoms with Crippen molar-refractivity contribution in [2.24, 2.45) is 0 Å². The van der Waals surface area contributed by atoms with E-state index in [2.05, 4.69) is 27.9 Å². The zero-order chi connectivity index (χ0) is 18.7. The normalized spacial score (nSPS) is 13.5. The van der Waals surface area contributed by atoms with Gasteiger partial charge < -0.3 is 14.8 Å². The van der Waals surface area contributed by atoms with Crippen molar-refractivity contribution in [3.63, 3.8) is 0 Å². The van der Waals surface area contributed by atoms with Crippen LogP contribution < -0.4 is 14.8 Å². The molecule has 0 aromatic heterocycles. The Morgan fingerprint density at radius 3 is 2.62 bits per heavy atom. The van der Waals surface area contributed by atoms with Gasteiger partial charge in [0.25, 0.3) is 0 Å². The predicted molar refractivity (Wildman–Crippen MR) is 105 cm³/mol. The van der Waals surface area contributed by atoms with Crippen LogP contribution in [-0.4, -0.2) is 45.4 Å². The topological polar surface area (TPSA) is 84.9 Å². The molecule has 3 rings (SSSR count). The summed E-state index contributed by atoms with van der Waals surface area (Å²) in [4.78, 5) is 12.2. The number of carbonyl (C=O) groups excluding carboxylic acids is 1. The molecule has 0 saturated carbocycles. The highest BCUT2D eigenvalue weighted by molar-refractivity contribution is 14.1. The van der Waals surface area contributed by atoms with E-state index in [-0.39, 0.29) is 11.4 Å². The first-order chi connectivity index (χ1) is 12.4. The molecule has 0 aliphatic carbocycles. The Morgan fingerprint density at radius 2 is 1.88 bits per heavy atom. The molecule has 0 unspecified atom stereocenters. The number of benzene rings is 2. The Hall–Kier alpha value is -1.85. The van der Waals surface area contributed by atoms with E-state index in [1.54, 1.807) is 18.2 Å². The first-order valence-corrected chi connectivity index (χ1v) is 10.3. The quantitative estimate of drug-likeness (QED) is 0.654. The Labute approximate surface area is 165 Å². The molecule has 1 aliphatic heterocycles. The van der Waals surface area contributed by atoms with Crippen LogP contribution in [0.3, 0.4) is 0 Å². The lowest BCUT2D eigenvalue weighted by Crippen LogP contribution is -2.35. The van der Waals surface area contributed by atoms with E-state index in [0.717, 1.165) is 7.88 Å². The highest BCUT2D eigenvalue weighted by Gasteiger charge is 2.25. The number of ether oxygens (including phenoxy) is 2. The average Bonchev–Trinajstić information content (AvgIpc) is 2.61. The molecule has 0 saturated heterocycles. The van der Waals surface area contributed by atoms with Crippen LogP contribution in [0.25, 0.3) is 0 Å². The molecule has 0 spiro atoms. The maximum atomic E-state index is 12.7. The first kappa shape index (κ1) is 18.9. The van der Waals surface area contributed by atoms with Gasteiger partial charge in [0.1, 0.15) is 13.2 Å². The number of rotatable bonds is 5. The summed E-state index contributed by atoms with van der Waals surface area (Å²) in [5.74, 6) is 0.471. The highest BCUT2D eigenvalue weighted by Crippen LogP contribution is 2.32. The number of halogens is 1. The summed E-state index contributed by atoms with van der Waals surface area (Å²) in [5.41, 5.74) is 0.618. The number of anilines is 1. The molecule has 0 fully saturated rings. The monoisotopic (exact) mass is 488 g/mol. The van der Waals surface area contributed by atoms with E-state index in [0.29, 0.717) is 30.4 Å². The number of nitrogens with zero attached hydrogens (tertiary/aromatic N) is 1. The second-order valence-corrected chi connectivity index (χ2v) is 8.92. The summed E-state index contributed by atoms with van der Waals surface area (Å²) in [7, 11) is -2.47. The Morgan fingerprint density at radius 1 is 1.15 bits per heavy atom. The third-order valence-electron chi connectivity index (χ3n) is 3.70. The number of sulfonamides is 1. The number of amides is 1. The van der Waals surface area contributed by atoms with Crippen molar-refractivity contribution < 1.29 is 22.7 Å². The van der Waals surface area contributed by atoms with Gasteiger partial charge in [0.05, 0.1) is 11.4 Å². The standard InChI is InChI=1S/C17H17IN2O5S/c1-20(11-17(21)19-13-4-2-3-12(18)9-13)26(22,23)14-5-6-15-16(10-14)25-8-7-24-15/h2-6,9-10H,7-8,11H2,1H3,(H,19,21). The molecule has 9 heteroatoms. The maximum absolute atomic E-state index is 12.7. The molecule has 0 radical (unpaired) electrons. The maximum Gasteiger partial charge on any atom is 0.243 e. The van der Waals surface area contributed by atoms with Crippen LogP contribution in [0.2, 0.25) is 0 Å². The largest absolute Gasteiger partial charge is 0.486 e. The van der Waals surface area contributed by atoms with Gasteiger partial charge in [-0.15, -0.1) is 0 Å². The summed E-state index contributed by atoms with van der Waals surface area (Å²) < 4.78 is 38.2. The molecule has 0 atom stereocenters. The van der Waals surface area contributed by atoms with Gasteiger partial charge in [-0.05, 0) is 52.9 Å². The fourth-order valence-electron chi connectivity index (χ4n) is 2.42. The number of nitrogens with one attached hydrogen (secondary N) is 1. The smallest absolute Gasteiger partial charge is 0.243 e. The zero-order valence-corrected chi connectivity index (χ0v) is 16.9. The van der Waals surface area contributed by atoms with Crippen molar-refractivity contribution in [3.8, 4) is 11.5 Å². The lowest BCUT2D eigenvalue weighted by molar-refractivity contribution is -0.116.